The van der Waals surface area contributed by atoms with Gasteiger partial charge in [0.1, 0.15) is 11.6 Å². The third-order valence-corrected chi connectivity index (χ3v) is 3.62. The summed E-state index contributed by atoms with van der Waals surface area (Å²) in [6, 6.07) is 4.01. The number of nitrogens with one attached hydrogen (secondary N) is 1. The Labute approximate surface area is 132 Å². The Balaban J connectivity index is 0.00000192. The molecule has 0 amide bonds. The van der Waals surface area contributed by atoms with Gasteiger partial charge in [-0.25, -0.2) is 15.0 Å². The average molecular weight is 294 g/mol. The van der Waals surface area contributed by atoms with Gasteiger partial charge in [-0.15, -0.1) is 0 Å². The van der Waals surface area contributed by atoms with Crippen LogP contribution in [-0.4, -0.2) is 15.0 Å². The van der Waals surface area contributed by atoms with Crippen LogP contribution in [0.1, 0.15) is 37.9 Å². The summed E-state index contributed by atoms with van der Waals surface area (Å²) in [5, 5.41) is 2.98. The molecule has 114 valence electrons. The maximum absolute atomic E-state index is 4.71. The minimum Gasteiger partial charge on any atom is -0.347 e. The Morgan fingerprint density at radius 1 is 1.32 bits per heavy atom. The molecule has 0 bridgehead atoms. The third kappa shape index (κ3) is 2.91. The topological polar surface area (TPSA) is 50.7 Å². The molecule has 0 aliphatic heterocycles. The van der Waals surface area contributed by atoms with Gasteiger partial charge in [0.05, 0.1) is 5.69 Å². The van der Waals surface area contributed by atoms with E-state index in [-0.39, 0.29) is 1.43 Å². The fraction of sp³-hybridized carbons (Fsp3) is 0.278. The smallest absolute Gasteiger partial charge is 0.129 e. The number of anilines is 1. The average Bonchev–Trinajstić information content (AvgIpc) is 2.91. The number of aromatic nitrogens is 3. The maximum Gasteiger partial charge on any atom is 0.129 e. The molecule has 1 aliphatic carbocycles. The normalized spacial score (nSPS) is 13.0. The monoisotopic (exact) mass is 294 g/mol. The predicted molar refractivity (Wildman–Crippen MR) is 91.5 cm³/mol. The van der Waals surface area contributed by atoms with Gasteiger partial charge >= 0.3 is 0 Å². The minimum atomic E-state index is 0. The predicted octanol–water partition coefficient (Wildman–Crippen LogP) is 3.86. The number of rotatable bonds is 5. The van der Waals surface area contributed by atoms with E-state index >= 15 is 0 Å². The van der Waals surface area contributed by atoms with Crippen LogP contribution < -0.4 is 5.32 Å². The Bertz CT molecular complexity index is 720. The lowest BCUT2D eigenvalue weighted by Gasteiger charge is -2.08. The summed E-state index contributed by atoms with van der Waals surface area (Å²) in [4.78, 5) is 13.6. The van der Waals surface area contributed by atoms with Crippen LogP contribution in [0.5, 0.6) is 0 Å². The number of hydrogen-bond acceptors (Lipinski definition) is 4. The van der Waals surface area contributed by atoms with E-state index in [2.05, 4.69) is 47.9 Å². The van der Waals surface area contributed by atoms with Crippen LogP contribution in [0.2, 0.25) is 0 Å². The quantitative estimate of drug-likeness (QED) is 0.909. The molecule has 0 atom stereocenters. The second kappa shape index (κ2) is 6.10. The van der Waals surface area contributed by atoms with Crippen LogP contribution in [0.15, 0.2) is 43.4 Å². The van der Waals surface area contributed by atoms with E-state index in [1.807, 2.05) is 18.5 Å². The highest BCUT2D eigenvalue weighted by molar-refractivity contribution is 5.83. The summed E-state index contributed by atoms with van der Waals surface area (Å²) in [5.74, 6) is 2.30. The van der Waals surface area contributed by atoms with Gasteiger partial charge < -0.3 is 5.32 Å². The highest BCUT2D eigenvalue weighted by Crippen LogP contribution is 2.31. The zero-order valence-electron chi connectivity index (χ0n) is 13.0. The van der Waals surface area contributed by atoms with Crippen molar-refractivity contribution in [2.75, 3.05) is 5.32 Å². The van der Waals surface area contributed by atoms with Crippen LogP contribution in [0.4, 0.5) is 5.82 Å². The SMILES string of the molecule is C=CNc1ccc(C2=CCc3nc(CC(C)C)ncc32)cn1.[HH]. The van der Waals surface area contributed by atoms with Gasteiger partial charge in [0.2, 0.25) is 0 Å². The molecule has 0 radical (unpaired) electrons. The summed E-state index contributed by atoms with van der Waals surface area (Å²) in [7, 11) is 0. The van der Waals surface area contributed by atoms with Gasteiger partial charge in [-0.3, -0.25) is 0 Å². The molecule has 0 saturated heterocycles. The second-order valence-electron chi connectivity index (χ2n) is 5.85. The van der Waals surface area contributed by atoms with E-state index in [4.69, 9.17) is 4.98 Å². The molecule has 0 aromatic carbocycles. The zero-order chi connectivity index (χ0) is 15.5. The van der Waals surface area contributed by atoms with Crippen molar-refractivity contribution >= 4 is 11.4 Å². The standard InChI is InChI=1S/C18H20N4.H2/c1-4-19-17-8-5-13(10-20-17)14-6-7-16-15(14)11-21-18(22-16)9-12(2)3;/h4-6,8,10-12H,1,7,9H2,2-3H3,(H,19,20);1H. The molecule has 22 heavy (non-hydrogen) atoms. The lowest BCUT2D eigenvalue weighted by atomic mass is 10.0. The van der Waals surface area contributed by atoms with E-state index in [1.54, 1.807) is 6.20 Å². The van der Waals surface area contributed by atoms with E-state index in [1.165, 1.54) is 5.57 Å². The summed E-state index contributed by atoms with van der Waals surface area (Å²) in [5.41, 5.74) is 4.50. The lowest BCUT2D eigenvalue weighted by Crippen LogP contribution is -2.04. The first kappa shape index (κ1) is 14.4. The Morgan fingerprint density at radius 2 is 2.18 bits per heavy atom. The molecule has 2 aromatic rings. The molecule has 0 saturated carbocycles. The Kier molecular flexibility index (Phi) is 4.00. The molecule has 1 N–H and O–H groups in total. The molecule has 2 aromatic heterocycles. The number of allylic oxidation sites excluding steroid dienone is 1. The summed E-state index contributed by atoms with van der Waals surface area (Å²) in [6.45, 7) is 8.01. The third-order valence-electron chi connectivity index (χ3n) is 3.62. The first-order valence-electron chi connectivity index (χ1n) is 7.56. The van der Waals surface area contributed by atoms with Crippen LogP contribution in [0, 0.1) is 5.92 Å². The maximum atomic E-state index is 4.71. The molecule has 1 aliphatic rings. The first-order valence-corrected chi connectivity index (χ1v) is 7.56. The van der Waals surface area contributed by atoms with Crippen molar-refractivity contribution in [1.82, 2.24) is 15.0 Å². The highest BCUT2D eigenvalue weighted by Gasteiger charge is 2.18. The Morgan fingerprint density at radius 3 is 2.86 bits per heavy atom. The fourth-order valence-corrected chi connectivity index (χ4v) is 2.63. The van der Waals surface area contributed by atoms with Crippen molar-refractivity contribution in [3.05, 3.63) is 66.0 Å². The fourth-order valence-electron chi connectivity index (χ4n) is 2.63. The van der Waals surface area contributed by atoms with Gasteiger partial charge in [-0.05, 0) is 29.8 Å². The van der Waals surface area contributed by atoms with Gasteiger partial charge in [0.25, 0.3) is 0 Å². The Hall–Kier alpha value is -2.49. The van der Waals surface area contributed by atoms with Gasteiger partial charge in [-0.2, -0.15) is 0 Å². The number of pyridine rings is 1. The summed E-state index contributed by atoms with van der Waals surface area (Å²) < 4.78 is 0. The van der Waals surface area contributed by atoms with E-state index in [0.29, 0.717) is 5.92 Å². The van der Waals surface area contributed by atoms with Crippen molar-refractivity contribution in [3.8, 4) is 0 Å². The van der Waals surface area contributed by atoms with E-state index in [0.717, 1.165) is 41.3 Å². The van der Waals surface area contributed by atoms with Crippen LogP contribution in [0.25, 0.3) is 5.57 Å². The number of fused-ring (bicyclic) bond motifs is 1. The van der Waals surface area contributed by atoms with E-state index in [9.17, 15) is 0 Å². The molecular formula is C18H22N4. The van der Waals surface area contributed by atoms with Gasteiger partial charge in [0, 0.05) is 37.8 Å². The van der Waals surface area contributed by atoms with E-state index < -0.39 is 0 Å². The van der Waals surface area contributed by atoms with Crippen LogP contribution >= 0.6 is 0 Å². The van der Waals surface area contributed by atoms with Gasteiger partial charge in [0.15, 0.2) is 0 Å². The van der Waals surface area contributed by atoms with Crippen LogP contribution in [0.3, 0.4) is 0 Å². The van der Waals surface area contributed by atoms with Crippen LogP contribution in [-0.2, 0) is 12.8 Å². The molecule has 0 fully saturated rings. The summed E-state index contributed by atoms with van der Waals surface area (Å²) in [6.07, 6.45) is 9.44. The highest BCUT2D eigenvalue weighted by atomic mass is 15.0. The van der Waals surface area contributed by atoms with Crippen molar-refractivity contribution in [2.45, 2.75) is 26.7 Å². The zero-order valence-corrected chi connectivity index (χ0v) is 13.0. The second-order valence-corrected chi connectivity index (χ2v) is 5.85. The summed E-state index contributed by atoms with van der Waals surface area (Å²) >= 11 is 0. The van der Waals surface area contributed by atoms with Crippen molar-refractivity contribution < 1.29 is 1.43 Å². The van der Waals surface area contributed by atoms with Crippen molar-refractivity contribution in [2.24, 2.45) is 5.92 Å². The molecule has 3 rings (SSSR count). The van der Waals surface area contributed by atoms with Crippen molar-refractivity contribution in [3.63, 3.8) is 0 Å². The molecule has 0 unspecified atom stereocenters. The molecule has 4 heteroatoms. The minimum absolute atomic E-state index is 0. The van der Waals surface area contributed by atoms with Gasteiger partial charge in [-0.1, -0.05) is 26.5 Å². The molecule has 2 heterocycles. The molecule has 4 nitrogen and oxygen atoms in total. The molecule has 0 spiro atoms. The molecular weight excluding hydrogens is 272 g/mol. The first-order chi connectivity index (χ1) is 10.7. The van der Waals surface area contributed by atoms with Crippen molar-refractivity contribution in [1.29, 1.82) is 0 Å². The lowest BCUT2D eigenvalue weighted by molar-refractivity contribution is 0.618. The largest absolute Gasteiger partial charge is 0.347 e. The number of hydrogen-bond donors (Lipinski definition) is 1. The number of nitrogens with zero attached hydrogens (tertiary/aromatic N) is 3.